The number of hydrogen-bond donors (Lipinski definition) is 1. The predicted octanol–water partition coefficient (Wildman–Crippen LogP) is 2.03. The maximum Gasteiger partial charge on any atom is 0.216 e. The number of benzene rings is 1. The maximum absolute atomic E-state index is 9.89. The number of hydrogen-bond acceptors (Lipinski definition) is 4. The second kappa shape index (κ2) is 4.29. The van der Waals surface area contributed by atoms with E-state index in [1.165, 1.54) is 11.0 Å². The molecule has 0 aliphatic carbocycles. The van der Waals surface area contributed by atoms with Gasteiger partial charge in [0.1, 0.15) is 6.33 Å². The average molecular weight is 238 g/mol. The molecule has 0 saturated heterocycles. The molecule has 0 aliphatic heterocycles. The van der Waals surface area contributed by atoms with E-state index >= 15 is 0 Å². The van der Waals surface area contributed by atoms with Crippen LogP contribution >= 0.6 is 0 Å². The van der Waals surface area contributed by atoms with Crippen LogP contribution in [0.4, 0.5) is 0 Å². The van der Waals surface area contributed by atoms with Crippen molar-refractivity contribution >= 4 is 0 Å². The van der Waals surface area contributed by atoms with E-state index in [9.17, 15) is 5.11 Å². The fourth-order valence-corrected chi connectivity index (χ4v) is 1.70. The first-order valence-corrected chi connectivity index (χ1v) is 5.45. The minimum absolute atomic E-state index is 0.0487. The van der Waals surface area contributed by atoms with Gasteiger partial charge < -0.3 is 5.11 Å². The molecule has 0 amide bonds. The van der Waals surface area contributed by atoms with Crippen LogP contribution in [0.5, 0.6) is 5.88 Å². The molecule has 1 N–H and O–H groups in total. The summed E-state index contributed by atoms with van der Waals surface area (Å²) in [6.07, 6.45) is 3.02. The molecule has 18 heavy (non-hydrogen) atoms. The predicted molar refractivity (Wildman–Crippen MR) is 66.3 cm³/mol. The third kappa shape index (κ3) is 1.82. The lowest BCUT2D eigenvalue weighted by Crippen LogP contribution is -1.99. The molecule has 0 saturated carbocycles. The Morgan fingerprint density at radius 2 is 1.89 bits per heavy atom. The van der Waals surface area contributed by atoms with Crippen LogP contribution in [0.3, 0.4) is 0 Å². The van der Waals surface area contributed by atoms with Crippen molar-refractivity contribution < 1.29 is 5.11 Å². The highest BCUT2D eigenvalue weighted by Crippen LogP contribution is 2.23. The van der Waals surface area contributed by atoms with Gasteiger partial charge in [-0.05, 0) is 0 Å². The second-order valence-electron chi connectivity index (χ2n) is 3.73. The van der Waals surface area contributed by atoms with Crippen molar-refractivity contribution in [3.05, 3.63) is 55.0 Å². The van der Waals surface area contributed by atoms with Gasteiger partial charge in [-0.25, -0.2) is 9.97 Å². The van der Waals surface area contributed by atoms with Crippen molar-refractivity contribution in [1.82, 2.24) is 19.7 Å². The molecule has 2 aromatic heterocycles. The third-order valence-electron chi connectivity index (χ3n) is 2.54. The Morgan fingerprint density at radius 1 is 1.06 bits per heavy atom. The summed E-state index contributed by atoms with van der Waals surface area (Å²) in [6, 6.07) is 13.0. The minimum atomic E-state index is 0.0487. The van der Waals surface area contributed by atoms with Crippen molar-refractivity contribution in [2.24, 2.45) is 0 Å². The monoisotopic (exact) mass is 238 g/mol. The number of aromatic nitrogens is 4. The Labute approximate surface area is 103 Å². The smallest absolute Gasteiger partial charge is 0.216 e. The lowest BCUT2D eigenvalue weighted by molar-refractivity contribution is 0.432. The van der Waals surface area contributed by atoms with Gasteiger partial charge >= 0.3 is 0 Å². The van der Waals surface area contributed by atoms with E-state index in [0.717, 1.165) is 5.56 Å². The van der Waals surface area contributed by atoms with Crippen LogP contribution < -0.4 is 0 Å². The molecular weight excluding hydrogens is 228 g/mol. The summed E-state index contributed by atoms with van der Waals surface area (Å²) in [5.74, 6) is 0.581. The van der Waals surface area contributed by atoms with Crippen molar-refractivity contribution in [3.8, 4) is 23.0 Å². The average Bonchev–Trinajstić information content (AvgIpc) is 2.83. The summed E-state index contributed by atoms with van der Waals surface area (Å²) in [6.45, 7) is 0. The molecule has 0 aliphatic rings. The summed E-state index contributed by atoms with van der Waals surface area (Å²) in [4.78, 5) is 7.88. The van der Waals surface area contributed by atoms with Gasteiger partial charge in [-0.1, -0.05) is 30.3 Å². The molecule has 0 atom stereocenters. The van der Waals surface area contributed by atoms with Crippen molar-refractivity contribution in [2.45, 2.75) is 0 Å². The SMILES string of the molecule is Oc1cc(-c2ccccc2)nn1-c1ccncn1. The maximum atomic E-state index is 9.89. The number of nitrogens with zero attached hydrogens (tertiary/aromatic N) is 4. The van der Waals surface area contributed by atoms with E-state index in [-0.39, 0.29) is 5.88 Å². The normalized spacial score (nSPS) is 10.4. The summed E-state index contributed by atoms with van der Waals surface area (Å²) in [5, 5.41) is 14.2. The number of rotatable bonds is 2. The fourth-order valence-electron chi connectivity index (χ4n) is 1.70. The molecule has 2 heterocycles. The lowest BCUT2D eigenvalue weighted by atomic mass is 10.2. The zero-order valence-electron chi connectivity index (χ0n) is 9.43. The van der Waals surface area contributed by atoms with Gasteiger partial charge in [0.25, 0.3) is 0 Å². The highest BCUT2D eigenvalue weighted by molar-refractivity contribution is 5.60. The Hall–Kier alpha value is -2.69. The highest BCUT2D eigenvalue weighted by atomic mass is 16.3. The van der Waals surface area contributed by atoms with Crippen LogP contribution in [0.25, 0.3) is 17.1 Å². The van der Waals surface area contributed by atoms with E-state index in [4.69, 9.17) is 0 Å². The zero-order chi connectivity index (χ0) is 12.4. The Kier molecular flexibility index (Phi) is 2.49. The molecular formula is C13H10N4O. The quantitative estimate of drug-likeness (QED) is 0.742. The first kappa shape index (κ1) is 10.5. The summed E-state index contributed by atoms with van der Waals surface area (Å²) >= 11 is 0. The van der Waals surface area contributed by atoms with Gasteiger partial charge in [0.2, 0.25) is 5.88 Å². The van der Waals surface area contributed by atoms with Crippen molar-refractivity contribution in [1.29, 1.82) is 0 Å². The zero-order valence-corrected chi connectivity index (χ0v) is 9.43. The van der Waals surface area contributed by atoms with Crippen LogP contribution in [0.1, 0.15) is 0 Å². The number of aromatic hydroxyl groups is 1. The van der Waals surface area contributed by atoms with E-state index in [2.05, 4.69) is 15.1 Å². The second-order valence-corrected chi connectivity index (χ2v) is 3.73. The standard InChI is InChI=1S/C13H10N4O/c18-13-8-11(10-4-2-1-3-5-10)16-17(13)12-6-7-14-9-15-12/h1-9,18H. The summed E-state index contributed by atoms with van der Waals surface area (Å²) in [7, 11) is 0. The lowest BCUT2D eigenvalue weighted by Gasteiger charge is -1.99. The van der Waals surface area contributed by atoms with Crippen LogP contribution in [0.2, 0.25) is 0 Å². The van der Waals surface area contributed by atoms with Crippen LogP contribution in [0, 0.1) is 0 Å². The van der Waals surface area contributed by atoms with Gasteiger partial charge in [-0.15, -0.1) is 0 Å². The van der Waals surface area contributed by atoms with Gasteiger partial charge in [-0.3, -0.25) is 0 Å². The van der Waals surface area contributed by atoms with Gasteiger partial charge in [0.05, 0.1) is 5.69 Å². The van der Waals surface area contributed by atoms with E-state index in [1.807, 2.05) is 30.3 Å². The molecule has 88 valence electrons. The van der Waals surface area contributed by atoms with E-state index in [1.54, 1.807) is 18.3 Å². The third-order valence-corrected chi connectivity index (χ3v) is 2.54. The Balaban J connectivity index is 2.07. The van der Waals surface area contributed by atoms with Crippen molar-refractivity contribution in [2.75, 3.05) is 0 Å². The largest absolute Gasteiger partial charge is 0.493 e. The first-order chi connectivity index (χ1) is 8.84. The molecule has 0 fully saturated rings. The van der Waals surface area contributed by atoms with Crippen LogP contribution in [-0.4, -0.2) is 24.9 Å². The molecule has 0 bridgehead atoms. The molecule has 0 spiro atoms. The topological polar surface area (TPSA) is 63.8 Å². The van der Waals surface area contributed by atoms with Crippen LogP contribution in [-0.2, 0) is 0 Å². The van der Waals surface area contributed by atoms with Crippen molar-refractivity contribution in [3.63, 3.8) is 0 Å². The van der Waals surface area contributed by atoms with E-state index in [0.29, 0.717) is 11.5 Å². The molecule has 0 radical (unpaired) electrons. The summed E-state index contributed by atoms with van der Waals surface area (Å²) < 4.78 is 1.38. The van der Waals surface area contributed by atoms with Gasteiger partial charge in [0.15, 0.2) is 5.82 Å². The fraction of sp³-hybridized carbons (Fsp3) is 0. The molecule has 3 aromatic rings. The highest BCUT2D eigenvalue weighted by Gasteiger charge is 2.10. The summed E-state index contributed by atoms with van der Waals surface area (Å²) in [5.41, 5.74) is 1.65. The van der Waals surface area contributed by atoms with Gasteiger partial charge in [-0.2, -0.15) is 9.78 Å². The molecule has 5 heteroatoms. The first-order valence-electron chi connectivity index (χ1n) is 5.45. The Morgan fingerprint density at radius 3 is 2.61 bits per heavy atom. The van der Waals surface area contributed by atoms with E-state index < -0.39 is 0 Å². The molecule has 5 nitrogen and oxygen atoms in total. The molecule has 1 aromatic carbocycles. The minimum Gasteiger partial charge on any atom is -0.493 e. The Bertz CT molecular complexity index is 649. The molecule has 3 rings (SSSR count). The van der Waals surface area contributed by atoms with Crippen LogP contribution in [0.15, 0.2) is 55.0 Å². The molecule has 0 unspecified atom stereocenters. The van der Waals surface area contributed by atoms with Gasteiger partial charge in [0, 0.05) is 23.9 Å².